The molecular weight excluding hydrogens is 262 g/mol. The Bertz CT molecular complexity index is 512. The van der Waals surface area contributed by atoms with Crippen LogP contribution < -0.4 is 16.2 Å². The van der Waals surface area contributed by atoms with E-state index >= 15 is 0 Å². The van der Waals surface area contributed by atoms with Crippen molar-refractivity contribution < 1.29 is 9.21 Å². The minimum atomic E-state index is -0.345. The highest BCUT2D eigenvalue weighted by Crippen LogP contribution is 2.38. The predicted octanol–water partition coefficient (Wildman–Crippen LogP) is 1.35. The normalized spacial score (nSPS) is 27.3. The highest BCUT2D eigenvalue weighted by Gasteiger charge is 2.35. The molecular formula is C13H15N3O2S. The number of hydrogen-bond donors (Lipinski definition) is 3. The van der Waals surface area contributed by atoms with Crippen LogP contribution in [0.5, 0.6) is 0 Å². The van der Waals surface area contributed by atoms with E-state index < -0.39 is 0 Å². The number of carbonyl (C=O) groups is 1. The molecule has 1 aromatic rings. The zero-order valence-electron chi connectivity index (χ0n) is 10.3. The van der Waals surface area contributed by atoms with Crippen LogP contribution in [0, 0.1) is 11.8 Å². The van der Waals surface area contributed by atoms with Crippen LogP contribution in [-0.4, -0.2) is 17.1 Å². The molecule has 3 rings (SSSR count). The van der Waals surface area contributed by atoms with Crippen LogP contribution in [0.15, 0.2) is 35.0 Å². The monoisotopic (exact) mass is 277 g/mol. The van der Waals surface area contributed by atoms with Crippen LogP contribution in [0.25, 0.3) is 0 Å². The van der Waals surface area contributed by atoms with Gasteiger partial charge < -0.3 is 9.73 Å². The number of thiocarbonyl (C=S) groups is 1. The van der Waals surface area contributed by atoms with E-state index in [1.54, 1.807) is 12.1 Å². The summed E-state index contributed by atoms with van der Waals surface area (Å²) in [6.07, 6.45) is 8.29. The number of nitrogens with one attached hydrogen (secondary N) is 3. The van der Waals surface area contributed by atoms with Crippen LogP contribution in [0.1, 0.15) is 23.4 Å². The molecule has 0 aliphatic heterocycles. The minimum absolute atomic E-state index is 0.248. The van der Waals surface area contributed by atoms with Gasteiger partial charge in [-0.15, -0.1) is 0 Å². The van der Waals surface area contributed by atoms with Crippen LogP contribution in [0.4, 0.5) is 0 Å². The highest BCUT2D eigenvalue weighted by atomic mass is 32.1. The van der Waals surface area contributed by atoms with Gasteiger partial charge in [0, 0.05) is 6.04 Å². The van der Waals surface area contributed by atoms with Gasteiger partial charge in [0.25, 0.3) is 0 Å². The number of hydrazine groups is 1. The predicted molar refractivity (Wildman–Crippen MR) is 74.2 cm³/mol. The van der Waals surface area contributed by atoms with Crippen LogP contribution >= 0.6 is 12.2 Å². The number of carbonyl (C=O) groups excluding carboxylic acids is 1. The Hall–Kier alpha value is -1.82. The maximum absolute atomic E-state index is 11.6. The molecule has 3 atom stereocenters. The molecule has 1 heterocycles. The van der Waals surface area contributed by atoms with Crippen molar-refractivity contribution in [3.05, 3.63) is 36.3 Å². The van der Waals surface area contributed by atoms with Crippen LogP contribution in [0.3, 0.4) is 0 Å². The molecule has 2 aliphatic carbocycles. The van der Waals surface area contributed by atoms with Crippen molar-refractivity contribution in [3.8, 4) is 0 Å². The zero-order valence-corrected chi connectivity index (χ0v) is 11.1. The maximum atomic E-state index is 11.6. The standard InChI is InChI=1S/C13H15N3O2S/c17-12(11-2-1-5-18-11)15-16-13(19)14-10-7-8-3-4-9(10)6-8/h1-5,8-10H,6-7H2,(H,15,17)(H2,14,16,19). The lowest BCUT2D eigenvalue weighted by Crippen LogP contribution is -2.50. The zero-order chi connectivity index (χ0) is 13.2. The van der Waals surface area contributed by atoms with Gasteiger partial charge in [-0.1, -0.05) is 12.2 Å². The quantitative estimate of drug-likeness (QED) is 0.433. The molecule has 1 fully saturated rings. The van der Waals surface area contributed by atoms with E-state index in [0.717, 1.165) is 6.42 Å². The Morgan fingerprint density at radius 2 is 2.21 bits per heavy atom. The second kappa shape index (κ2) is 5.05. The smallest absolute Gasteiger partial charge is 0.305 e. The molecule has 3 unspecified atom stereocenters. The average Bonchev–Trinajstić information content (AvgIpc) is 3.12. The van der Waals surface area contributed by atoms with Gasteiger partial charge in [-0.2, -0.15) is 0 Å². The van der Waals surface area contributed by atoms with Crippen molar-refractivity contribution in [2.24, 2.45) is 11.8 Å². The van der Waals surface area contributed by atoms with E-state index in [1.165, 1.54) is 12.7 Å². The van der Waals surface area contributed by atoms with Crippen molar-refractivity contribution in [2.75, 3.05) is 0 Å². The van der Waals surface area contributed by atoms with Gasteiger partial charge in [0.05, 0.1) is 6.26 Å². The first kappa shape index (κ1) is 12.2. The van der Waals surface area contributed by atoms with Crippen molar-refractivity contribution in [2.45, 2.75) is 18.9 Å². The van der Waals surface area contributed by atoms with Crippen LogP contribution in [0.2, 0.25) is 0 Å². The maximum Gasteiger partial charge on any atom is 0.305 e. The molecule has 5 nitrogen and oxygen atoms in total. The van der Waals surface area contributed by atoms with Gasteiger partial charge in [0.2, 0.25) is 0 Å². The molecule has 1 amide bonds. The van der Waals surface area contributed by atoms with E-state index in [0.29, 0.717) is 23.0 Å². The molecule has 3 N–H and O–H groups in total. The van der Waals surface area contributed by atoms with Gasteiger partial charge in [0.1, 0.15) is 0 Å². The fraction of sp³-hybridized carbons (Fsp3) is 0.385. The molecule has 6 heteroatoms. The summed E-state index contributed by atoms with van der Waals surface area (Å²) in [6.45, 7) is 0. The molecule has 0 spiro atoms. The van der Waals surface area contributed by atoms with E-state index in [2.05, 4.69) is 28.3 Å². The number of furan rings is 1. The van der Waals surface area contributed by atoms with E-state index in [4.69, 9.17) is 16.6 Å². The summed E-state index contributed by atoms with van der Waals surface area (Å²) >= 11 is 5.16. The molecule has 1 aromatic heterocycles. The van der Waals surface area contributed by atoms with Crippen molar-refractivity contribution in [1.82, 2.24) is 16.2 Å². The Morgan fingerprint density at radius 1 is 1.32 bits per heavy atom. The summed E-state index contributed by atoms with van der Waals surface area (Å²) < 4.78 is 4.98. The number of hydrogen-bond acceptors (Lipinski definition) is 3. The third-order valence-electron chi connectivity index (χ3n) is 3.63. The summed E-state index contributed by atoms with van der Waals surface area (Å²) in [5.74, 6) is 1.15. The van der Waals surface area contributed by atoms with Gasteiger partial charge in [0.15, 0.2) is 10.9 Å². The lowest BCUT2D eigenvalue weighted by Gasteiger charge is -2.21. The topological polar surface area (TPSA) is 66.3 Å². The molecule has 100 valence electrons. The Labute approximate surface area is 116 Å². The first-order valence-electron chi connectivity index (χ1n) is 6.31. The molecule has 0 radical (unpaired) electrons. The Balaban J connectivity index is 1.45. The third kappa shape index (κ3) is 2.63. The molecule has 2 bridgehead atoms. The fourth-order valence-electron chi connectivity index (χ4n) is 2.73. The fourth-order valence-corrected chi connectivity index (χ4v) is 2.94. The molecule has 2 aliphatic rings. The lowest BCUT2D eigenvalue weighted by atomic mass is 10.0. The Kier molecular flexibility index (Phi) is 3.25. The number of fused-ring (bicyclic) bond motifs is 2. The number of rotatable bonds is 2. The second-order valence-corrected chi connectivity index (χ2v) is 5.32. The molecule has 19 heavy (non-hydrogen) atoms. The van der Waals surface area contributed by atoms with Crippen molar-refractivity contribution in [3.63, 3.8) is 0 Å². The van der Waals surface area contributed by atoms with Gasteiger partial charge >= 0.3 is 5.91 Å². The Morgan fingerprint density at radius 3 is 2.84 bits per heavy atom. The van der Waals surface area contributed by atoms with E-state index in [-0.39, 0.29) is 11.7 Å². The summed E-state index contributed by atoms with van der Waals surface area (Å²) in [6, 6.07) is 3.62. The summed E-state index contributed by atoms with van der Waals surface area (Å²) in [5, 5.41) is 3.67. The summed E-state index contributed by atoms with van der Waals surface area (Å²) in [5.41, 5.74) is 5.19. The van der Waals surface area contributed by atoms with Gasteiger partial charge in [-0.25, -0.2) is 0 Å². The summed E-state index contributed by atoms with van der Waals surface area (Å²) in [7, 11) is 0. The lowest BCUT2D eigenvalue weighted by molar-refractivity contribution is 0.0915. The first-order valence-corrected chi connectivity index (χ1v) is 6.72. The summed E-state index contributed by atoms with van der Waals surface area (Å²) in [4.78, 5) is 11.6. The number of allylic oxidation sites excluding steroid dienone is 1. The van der Waals surface area contributed by atoms with Gasteiger partial charge in [-0.05, 0) is 49.0 Å². The number of amides is 1. The SMILES string of the molecule is O=C(NNC(=S)NC1CC2C=CC1C2)c1ccco1. The highest BCUT2D eigenvalue weighted by molar-refractivity contribution is 7.80. The molecule has 0 aromatic carbocycles. The first-order chi connectivity index (χ1) is 9.22. The van der Waals surface area contributed by atoms with E-state index in [1.807, 2.05) is 0 Å². The van der Waals surface area contributed by atoms with Crippen LogP contribution in [-0.2, 0) is 0 Å². The van der Waals surface area contributed by atoms with E-state index in [9.17, 15) is 4.79 Å². The third-order valence-corrected chi connectivity index (χ3v) is 3.85. The second-order valence-electron chi connectivity index (χ2n) is 4.92. The minimum Gasteiger partial charge on any atom is -0.459 e. The van der Waals surface area contributed by atoms with Crippen molar-refractivity contribution >= 4 is 23.2 Å². The largest absolute Gasteiger partial charge is 0.459 e. The van der Waals surface area contributed by atoms with Gasteiger partial charge in [-0.3, -0.25) is 15.6 Å². The average molecular weight is 277 g/mol. The van der Waals surface area contributed by atoms with Crippen molar-refractivity contribution in [1.29, 1.82) is 0 Å². The molecule has 0 saturated heterocycles. The molecule has 1 saturated carbocycles.